The van der Waals surface area contributed by atoms with E-state index in [0.29, 0.717) is 12.3 Å². The maximum Gasteiger partial charge on any atom is 0.319 e. The second-order valence-corrected chi connectivity index (χ2v) is 4.17. The van der Waals surface area contributed by atoms with Crippen LogP contribution >= 0.6 is 0 Å². The van der Waals surface area contributed by atoms with E-state index in [1.807, 2.05) is 13.8 Å². The van der Waals surface area contributed by atoms with Crippen LogP contribution in [0.1, 0.15) is 19.6 Å². The van der Waals surface area contributed by atoms with E-state index >= 15 is 0 Å². The fourth-order valence-electron chi connectivity index (χ4n) is 1.38. The molecule has 6 heteroatoms. The van der Waals surface area contributed by atoms with E-state index in [2.05, 4.69) is 4.74 Å². The molecule has 18 heavy (non-hydrogen) atoms. The average molecular weight is 255 g/mol. The number of carbonyl (C=O) groups excluding carboxylic acids is 1. The number of nitrogens with zero attached hydrogens (tertiary/aromatic N) is 1. The van der Waals surface area contributed by atoms with Crippen LogP contribution in [0.3, 0.4) is 0 Å². The lowest BCUT2D eigenvalue weighted by molar-refractivity contribution is -0.142. The van der Waals surface area contributed by atoms with Gasteiger partial charge in [-0.25, -0.2) is 0 Å². The van der Waals surface area contributed by atoms with Crippen LogP contribution in [-0.2, 0) is 16.1 Å². The summed E-state index contributed by atoms with van der Waals surface area (Å²) < 4.78 is 9.69. The number of hydrogen-bond donors (Lipinski definition) is 1. The highest BCUT2D eigenvalue weighted by Crippen LogP contribution is 2.09. The van der Waals surface area contributed by atoms with Crippen molar-refractivity contribution in [2.24, 2.45) is 0 Å². The quantitative estimate of drug-likeness (QED) is 0.781. The molecular formula is C12H17NO5. The molecule has 0 aliphatic rings. The van der Waals surface area contributed by atoms with Crippen LogP contribution in [0.2, 0.25) is 0 Å². The maximum absolute atomic E-state index is 11.2. The van der Waals surface area contributed by atoms with Gasteiger partial charge >= 0.3 is 5.97 Å². The molecule has 0 atom stereocenters. The van der Waals surface area contributed by atoms with Gasteiger partial charge in [0.15, 0.2) is 5.75 Å². The first kappa shape index (κ1) is 14.2. The van der Waals surface area contributed by atoms with Crippen molar-refractivity contribution in [1.29, 1.82) is 0 Å². The molecule has 1 N–H and O–H groups in total. The highest BCUT2D eigenvalue weighted by atomic mass is 16.5. The van der Waals surface area contributed by atoms with Crippen LogP contribution in [-0.4, -0.2) is 35.7 Å². The molecule has 0 fully saturated rings. The van der Waals surface area contributed by atoms with Gasteiger partial charge in [0.05, 0.1) is 20.2 Å². The average Bonchev–Trinajstić information content (AvgIpc) is 2.32. The molecule has 0 amide bonds. The summed E-state index contributed by atoms with van der Waals surface area (Å²) in [5.41, 5.74) is -0.502. The Morgan fingerprint density at radius 3 is 2.72 bits per heavy atom. The third kappa shape index (κ3) is 3.89. The second-order valence-electron chi connectivity index (χ2n) is 4.17. The Hall–Kier alpha value is -1.82. The van der Waals surface area contributed by atoms with Gasteiger partial charge in [-0.05, 0) is 13.8 Å². The summed E-state index contributed by atoms with van der Waals surface area (Å²) in [7, 11) is 1.32. The molecule has 0 saturated heterocycles. The topological polar surface area (TPSA) is 80.0 Å². The molecule has 0 saturated carbocycles. The maximum atomic E-state index is 11.2. The third-order valence-electron chi connectivity index (χ3n) is 2.52. The van der Waals surface area contributed by atoms with Gasteiger partial charge in [0.25, 0.3) is 0 Å². The number of rotatable bonds is 5. The van der Waals surface area contributed by atoms with Crippen LogP contribution in [0, 0.1) is 0 Å². The van der Waals surface area contributed by atoms with Gasteiger partial charge in [-0.15, -0.1) is 0 Å². The number of esters is 1. The molecule has 0 unspecified atom stereocenters. The summed E-state index contributed by atoms with van der Waals surface area (Å²) in [6, 6.07) is 1.30. The van der Waals surface area contributed by atoms with Crippen molar-refractivity contribution >= 4 is 5.97 Å². The van der Waals surface area contributed by atoms with E-state index in [0.717, 1.165) is 6.26 Å². The van der Waals surface area contributed by atoms with Crippen molar-refractivity contribution in [3.63, 3.8) is 0 Å². The van der Waals surface area contributed by atoms with Crippen LogP contribution < -0.4 is 5.43 Å². The first-order chi connectivity index (χ1) is 8.43. The molecule has 0 spiro atoms. The highest BCUT2D eigenvalue weighted by Gasteiger charge is 2.16. The SMILES string of the molecule is COC(=O)CN(Cc1cc(=O)c(O)co1)C(C)C. The molecule has 0 aromatic carbocycles. The zero-order valence-electron chi connectivity index (χ0n) is 10.7. The molecule has 6 nitrogen and oxygen atoms in total. The molecule has 1 aromatic heterocycles. The normalized spacial score (nSPS) is 10.9. The highest BCUT2D eigenvalue weighted by molar-refractivity contribution is 5.71. The Balaban J connectivity index is 2.80. The Labute approximate surface area is 105 Å². The minimum Gasteiger partial charge on any atom is -0.502 e. The Bertz CT molecular complexity index is 466. The van der Waals surface area contributed by atoms with E-state index in [-0.39, 0.29) is 18.6 Å². The summed E-state index contributed by atoms with van der Waals surface area (Å²) in [6.45, 7) is 4.24. The Kier molecular flexibility index (Phi) is 4.91. The number of aromatic hydroxyl groups is 1. The lowest BCUT2D eigenvalue weighted by atomic mass is 10.2. The number of carbonyl (C=O) groups is 1. The van der Waals surface area contributed by atoms with Crippen LogP contribution in [0.25, 0.3) is 0 Å². The largest absolute Gasteiger partial charge is 0.502 e. The third-order valence-corrected chi connectivity index (χ3v) is 2.52. The van der Waals surface area contributed by atoms with Crippen molar-refractivity contribution < 1.29 is 19.1 Å². The van der Waals surface area contributed by atoms with Crippen molar-refractivity contribution in [2.45, 2.75) is 26.4 Å². The standard InChI is InChI=1S/C12H17NO5/c1-8(2)13(6-12(16)17-3)5-9-4-10(14)11(15)7-18-9/h4,7-8,15H,5-6H2,1-3H3. The Morgan fingerprint density at radius 1 is 1.56 bits per heavy atom. The second kappa shape index (κ2) is 6.20. The fraction of sp³-hybridized carbons (Fsp3) is 0.500. The summed E-state index contributed by atoms with van der Waals surface area (Å²) in [4.78, 5) is 24.3. The van der Waals surface area contributed by atoms with Crippen LogP contribution in [0.15, 0.2) is 21.5 Å². The van der Waals surface area contributed by atoms with Gasteiger partial charge in [-0.3, -0.25) is 14.5 Å². The minimum absolute atomic E-state index is 0.0863. The molecule has 0 bridgehead atoms. The number of hydrogen-bond acceptors (Lipinski definition) is 6. The van der Waals surface area contributed by atoms with E-state index < -0.39 is 11.2 Å². The molecule has 1 rings (SSSR count). The van der Waals surface area contributed by atoms with Gasteiger partial charge in [0.1, 0.15) is 12.0 Å². The van der Waals surface area contributed by atoms with Gasteiger partial charge in [0.2, 0.25) is 5.43 Å². The van der Waals surface area contributed by atoms with Crippen LogP contribution in [0.5, 0.6) is 5.75 Å². The smallest absolute Gasteiger partial charge is 0.319 e. The molecular weight excluding hydrogens is 238 g/mol. The molecule has 1 aromatic rings. The van der Waals surface area contributed by atoms with Crippen LogP contribution in [0.4, 0.5) is 0 Å². The number of ether oxygens (including phenoxy) is 1. The van der Waals surface area contributed by atoms with Crippen molar-refractivity contribution in [2.75, 3.05) is 13.7 Å². The van der Waals surface area contributed by atoms with Crippen molar-refractivity contribution in [1.82, 2.24) is 4.90 Å². The van der Waals surface area contributed by atoms with E-state index in [1.165, 1.54) is 13.2 Å². The van der Waals surface area contributed by atoms with E-state index in [4.69, 9.17) is 9.52 Å². The summed E-state index contributed by atoms with van der Waals surface area (Å²) in [6.07, 6.45) is 0.994. The van der Waals surface area contributed by atoms with Gasteiger partial charge in [0, 0.05) is 12.1 Å². The molecule has 0 aliphatic heterocycles. The first-order valence-electron chi connectivity index (χ1n) is 5.55. The predicted octanol–water partition coefficient (Wildman–Crippen LogP) is 0.729. The zero-order chi connectivity index (χ0) is 13.7. The molecule has 1 heterocycles. The van der Waals surface area contributed by atoms with Gasteiger partial charge in [-0.2, -0.15) is 0 Å². The van der Waals surface area contributed by atoms with Gasteiger partial charge < -0.3 is 14.3 Å². The molecule has 0 aliphatic carbocycles. The summed E-state index contributed by atoms with van der Waals surface area (Å²) in [5, 5.41) is 9.08. The summed E-state index contributed by atoms with van der Waals surface area (Å²) >= 11 is 0. The Morgan fingerprint density at radius 2 is 2.22 bits per heavy atom. The fourth-order valence-corrected chi connectivity index (χ4v) is 1.38. The predicted molar refractivity (Wildman–Crippen MR) is 64.2 cm³/mol. The summed E-state index contributed by atoms with van der Waals surface area (Å²) in [5.74, 6) is -0.400. The molecule has 0 radical (unpaired) electrons. The lowest BCUT2D eigenvalue weighted by Gasteiger charge is -2.24. The van der Waals surface area contributed by atoms with E-state index in [9.17, 15) is 9.59 Å². The number of methoxy groups -OCH3 is 1. The lowest BCUT2D eigenvalue weighted by Crippen LogP contribution is -2.35. The first-order valence-corrected chi connectivity index (χ1v) is 5.55. The van der Waals surface area contributed by atoms with Crippen molar-refractivity contribution in [3.05, 3.63) is 28.3 Å². The monoisotopic (exact) mass is 255 g/mol. The molecule has 100 valence electrons. The minimum atomic E-state index is -0.502. The van der Waals surface area contributed by atoms with E-state index in [1.54, 1.807) is 4.90 Å². The van der Waals surface area contributed by atoms with Gasteiger partial charge in [-0.1, -0.05) is 0 Å². The van der Waals surface area contributed by atoms with Crippen molar-refractivity contribution in [3.8, 4) is 5.75 Å². The zero-order valence-corrected chi connectivity index (χ0v) is 10.7.